The van der Waals surface area contributed by atoms with E-state index in [-0.39, 0.29) is 31.6 Å². The molecule has 0 aromatic heterocycles. The van der Waals surface area contributed by atoms with Crippen LogP contribution in [0.3, 0.4) is 0 Å². The van der Waals surface area contributed by atoms with Crippen LogP contribution in [0.1, 0.15) is 290 Å². The van der Waals surface area contributed by atoms with Crippen molar-refractivity contribution in [2.75, 3.05) is 13.2 Å². The van der Waals surface area contributed by atoms with Gasteiger partial charge in [-0.3, -0.25) is 14.4 Å². The molecular formula is C73H120O6. The van der Waals surface area contributed by atoms with Gasteiger partial charge in [-0.2, -0.15) is 0 Å². The van der Waals surface area contributed by atoms with Crippen molar-refractivity contribution < 1.29 is 28.6 Å². The Morgan fingerprint density at radius 3 is 0.886 bits per heavy atom. The van der Waals surface area contributed by atoms with Gasteiger partial charge in [-0.25, -0.2) is 0 Å². The third-order valence-electron chi connectivity index (χ3n) is 13.7. The van der Waals surface area contributed by atoms with Crippen molar-refractivity contribution >= 4 is 17.9 Å². The Hall–Kier alpha value is -4.45. The monoisotopic (exact) mass is 1090 g/mol. The quantitative estimate of drug-likeness (QED) is 0.0261. The van der Waals surface area contributed by atoms with Crippen LogP contribution < -0.4 is 0 Å². The Morgan fingerprint density at radius 1 is 0.278 bits per heavy atom. The fourth-order valence-electron chi connectivity index (χ4n) is 8.83. The van der Waals surface area contributed by atoms with Crippen LogP contribution in [-0.4, -0.2) is 37.2 Å². The molecule has 6 heteroatoms. The maximum Gasteiger partial charge on any atom is 0.309 e. The first-order valence-electron chi connectivity index (χ1n) is 32.7. The fraction of sp³-hybridized carbons (Fsp3) is 0.658. The minimum absolute atomic E-state index is 0.114. The summed E-state index contributed by atoms with van der Waals surface area (Å²) in [6.07, 6.45) is 93.4. The van der Waals surface area contributed by atoms with E-state index >= 15 is 0 Å². The zero-order valence-electron chi connectivity index (χ0n) is 51.3. The molecule has 0 bridgehead atoms. The molecule has 0 saturated carbocycles. The van der Waals surface area contributed by atoms with Gasteiger partial charge in [-0.05, 0) is 116 Å². The van der Waals surface area contributed by atoms with E-state index in [0.29, 0.717) is 12.8 Å². The number of ether oxygens (including phenoxy) is 3. The van der Waals surface area contributed by atoms with Crippen molar-refractivity contribution in [1.29, 1.82) is 0 Å². The van der Waals surface area contributed by atoms with E-state index in [9.17, 15) is 14.4 Å². The highest BCUT2D eigenvalue weighted by Crippen LogP contribution is 2.16. The Balaban J connectivity index is 4.44. The summed E-state index contributed by atoms with van der Waals surface area (Å²) in [5.74, 6) is -1.05. The van der Waals surface area contributed by atoms with Crippen LogP contribution in [0.25, 0.3) is 0 Å². The molecule has 0 aromatic carbocycles. The van der Waals surface area contributed by atoms with Crippen LogP contribution in [0.15, 0.2) is 134 Å². The summed E-state index contributed by atoms with van der Waals surface area (Å²) in [7, 11) is 0. The van der Waals surface area contributed by atoms with Gasteiger partial charge >= 0.3 is 17.9 Å². The largest absolute Gasteiger partial charge is 0.462 e. The molecule has 0 heterocycles. The number of allylic oxidation sites excluding steroid dienone is 21. The molecule has 0 aliphatic rings. The van der Waals surface area contributed by atoms with Crippen LogP contribution >= 0.6 is 0 Å². The van der Waals surface area contributed by atoms with Crippen LogP contribution in [-0.2, 0) is 28.6 Å². The number of unbranched alkanes of at least 4 members (excludes halogenated alkanes) is 26. The second kappa shape index (κ2) is 66.1. The number of rotatable bonds is 58. The average Bonchev–Trinajstić information content (AvgIpc) is 3.45. The highest BCUT2D eigenvalue weighted by Gasteiger charge is 2.19. The minimum Gasteiger partial charge on any atom is -0.462 e. The summed E-state index contributed by atoms with van der Waals surface area (Å²) in [5, 5.41) is 0. The molecule has 0 fully saturated rings. The van der Waals surface area contributed by atoms with E-state index in [0.717, 1.165) is 103 Å². The predicted octanol–water partition coefficient (Wildman–Crippen LogP) is 22.5. The molecule has 0 amide bonds. The standard InChI is InChI=1S/C73H120O6/c1-4-7-10-13-16-19-22-25-28-30-32-34-36-38-40-42-45-48-51-54-57-60-63-66-72(75)78-69-70(68-77-71(74)65-62-59-56-53-50-47-44-27-24-21-18-15-12-9-6-3)79-73(76)67-64-61-58-55-52-49-46-43-41-39-37-35-33-31-29-26-23-20-17-14-11-8-5-2/h7,9-10,12,16,18-19,21,23,25-28,31-34,44,50,53,59,62,70H,4-6,8,11,13-15,17,20,22,24,29-30,35-43,45-49,51-52,54-58,60-61,63-69H2,1-3H3/b10-7-,12-9-,19-16-,21-18-,26-23-,28-25-,33-31-,34-32-,44-27-,53-50-,62-59-. The normalized spacial score (nSPS) is 13.0. The minimum atomic E-state index is -0.827. The van der Waals surface area contributed by atoms with Crippen LogP contribution in [0, 0.1) is 0 Å². The van der Waals surface area contributed by atoms with Gasteiger partial charge in [0.1, 0.15) is 13.2 Å². The van der Waals surface area contributed by atoms with Gasteiger partial charge in [-0.1, -0.05) is 289 Å². The molecule has 79 heavy (non-hydrogen) atoms. The van der Waals surface area contributed by atoms with Crippen LogP contribution in [0.4, 0.5) is 0 Å². The molecule has 0 spiro atoms. The van der Waals surface area contributed by atoms with E-state index < -0.39 is 12.1 Å². The Labute approximate surface area is 487 Å². The van der Waals surface area contributed by atoms with Crippen molar-refractivity contribution in [2.24, 2.45) is 0 Å². The predicted molar refractivity (Wildman–Crippen MR) is 343 cm³/mol. The lowest BCUT2D eigenvalue weighted by Gasteiger charge is -2.18. The SMILES string of the molecule is CC/C=C\C/C=C\C/C=C\C/C=C\C/C=C\CC(=O)OCC(COC(=O)CCCCCCCCCCCC/C=C\C/C=C\C/C=C\C/C=C\CC)OC(=O)CCCCCCCCCCCCC/C=C\C/C=C\CCCCCCC. The van der Waals surface area contributed by atoms with Gasteiger partial charge in [0.05, 0.1) is 6.42 Å². The molecule has 0 radical (unpaired) electrons. The molecule has 0 N–H and O–H groups in total. The van der Waals surface area contributed by atoms with Gasteiger partial charge in [-0.15, -0.1) is 0 Å². The Morgan fingerprint density at radius 2 is 0.544 bits per heavy atom. The van der Waals surface area contributed by atoms with Gasteiger partial charge in [0, 0.05) is 12.8 Å². The lowest BCUT2D eigenvalue weighted by molar-refractivity contribution is -0.166. The summed E-state index contributed by atoms with van der Waals surface area (Å²) in [5.41, 5.74) is 0. The van der Waals surface area contributed by atoms with Crippen molar-refractivity contribution in [3.63, 3.8) is 0 Å². The first-order chi connectivity index (χ1) is 39.0. The smallest absolute Gasteiger partial charge is 0.309 e. The van der Waals surface area contributed by atoms with Gasteiger partial charge in [0.25, 0.3) is 0 Å². The lowest BCUT2D eigenvalue weighted by Crippen LogP contribution is -2.30. The molecule has 0 aliphatic heterocycles. The summed E-state index contributed by atoms with van der Waals surface area (Å²) in [6, 6.07) is 0. The van der Waals surface area contributed by atoms with E-state index in [1.165, 1.54) is 148 Å². The summed E-state index contributed by atoms with van der Waals surface area (Å²) in [4.78, 5) is 38.3. The zero-order valence-corrected chi connectivity index (χ0v) is 51.3. The molecule has 0 aliphatic carbocycles. The maximum atomic E-state index is 12.9. The number of hydrogen-bond donors (Lipinski definition) is 0. The number of esters is 3. The molecule has 1 atom stereocenters. The van der Waals surface area contributed by atoms with Gasteiger partial charge < -0.3 is 14.2 Å². The third kappa shape index (κ3) is 64.3. The van der Waals surface area contributed by atoms with E-state index in [1.807, 2.05) is 6.08 Å². The Kier molecular flexibility index (Phi) is 62.3. The zero-order chi connectivity index (χ0) is 57.1. The molecular weight excluding hydrogens is 973 g/mol. The van der Waals surface area contributed by atoms with E-state index in [1.54, 1.807) is 6.08 Å². The summed E-state index contributed by atoms with van der Waals surface area (Å²) in [6.45, 7) is 6.33. The molecule has 0 aromatic rings. The first kappa shape index (κ1) is 74.5. The van der Waals surface area contributed by atoms with Crippen molar-refractivity contribution in [3.05, 3.63) is 134 Å². The van der Waals surface area contributed by atoms with Crippen LogP contribution in [0.2, 0.25) is 0 Å². The fourth-order valence-corrected chi connectivity index (χ4v) is 8.83. The highest BCUT2D eigenvalue weighted by molar-refractivity contribution is 5.72. The topological polar surface area (TPSA) is 78.9 Å². The Bertz CT molecular complexity index is 1680. The second-order valence-electron chi connectivity index (χ2n) is 21.3. The second-order valence-corrected chi connectivity index (χ2v) is 21.3. The number of hydrogen-bond acceptors (Lipinski definition) is 6. The maximum absolute atomic E-state index is 12.9. The number of carbonyl (C=O) groups is 3. The van der Waals surface area contributed by atoms with E-state index in [4.69, 9.17) is 14.2 Å². The van der Waals surface area contributed by atoms with E-state index in [2.05, 4.69) is 142 Å². The van der Waals surface area contributed by atoms with Crippen molar-refractivity contribution in [1.82, 2.24) is 0 Å². The lowest BCUT2D eigenvalue weighted by atomic mass is 10.0. The first-order valence-corrected chi connectivity index (χ1v) is 32.7. The summed E-state index contributed by atoms with van der Waals surface area (Å²) < 4.78 is 16.8. The molecule has 0 saturated heterocycles. The van der Waals surface area contributed by atoms with Crippen LogP contribution in [0.5, 0.6) is 0 Å². The molecule has 448 valence electrons. The summed E-state index contributed by atoms with van der Waals surface area (Å²) >= 11 is 0. The number of carbonyl (C=O) groups excluding carboxylic acids is 3. The molecule has 0 rings (SSSR count). The third-order valence-corrected chi connectivity index (χ3v) is 13.7. The molecule has 6 nitrogen and oxygen atoms in total. The highest BCUT2D eigenvalue weighted by atomic mass is 16.6. The van der Waals surface area contributed by atoms with Crippen molar-refractivity contribution in [2.45, 2.75) is 297 Å². The molecule has 1 unspecified atom stereocenters. The van der Waals surface area contributed by atoms with Gasteiger partial charge in [0.15, 0.2) is 6.10 Å². The van der Waals surface area contributed by atoms with Crippen molar-refractivity contribution in [3.8, 4) is 0 Å². The van der Waals surface area contributed by atoms with Gasteiger partial charge in [0.2, 0.25) is 0 Å². The average molecular weight is 1090 g/mol.